The molecule has 9 nitrogen and oxygen atoms in total. The smallest absolute Gasteiger partial charge is 0.323 e. The van der Waals surface area contributed by atoms with E-state index in [2.05, 4.69) is 26.0 Å². The van der Waals surface area contributed by atoms with Gasteiger partial charge in [-0.3, -0.25) is 9.78 Å². The maximum atomic E-state index is 13.0. The Morgan fingerprint density at radius 2 is 1.74 bits per heavy atom. The summed E-state index contributed by atoms with van der Waals surface area (Å²) >= 11 is 6.10. The number of anilines is 4. The van der Waals surface area contributed by atoms with Crippen LogP contribution in [0.3, 0.4) is 0 Å². The third-order valence-corrected chi connectivity index (χ3v) is 5.37. The summed E-state index contributed by atoms with van der Waals surface area (Å²) in [5.41, 5.74) is 4.45. The first kappa shape index (κ1) is 23.8. The second-order valence-corrected chi connectivity index (χ2v) is 8.48. The highest BCUT2D eigenvalue weighted by Gasteiger charge is 2.13. The van der Waals surface area contributed by atoms with Crippen LogP contribution in [0.2, 0.25) is 5.02 Å². The lowest BCUT2D eigenvalue weighted by Gasteiger charge is -2.16. The molecule has 0 radical (unpaired) electrons. The van der Waals surface area contributed by atoms with E-state index in [1.165, 1.54) is 6.20 Å². The minimum absolute atomic E-state index is 0.271. The molecule has 0 saturated carbocycles. The molecule has 178 valence electrons. The fraction of sp³-hybridized carbons (Fsp3) is 0.120. The summed E-state index contributed by atoms with van der Waals surface area (Å²) in [6, 6.07) is 13.8. The Hall–Kier alpha value is -4.37. The highest BCUT2D eigenvalue weighted by molar-refractivity contribution is 6.33. The second kappa shape index (κ2) is 10.3. The molecule has 10 heteroatoms. The van der Waals surface area contributed by atoms with Crippen molar-refractivity contribution >= 4 is 46.3 Å². The topological polar surface area (TPSA) is 104 Å². The van der Waals surface area contributed by atoms with Crippen LogP contribution >= 0.6 is 11.6 Å². The van der Waals surface area contributed by atoms with Gasteiger partial charge in [-0.25, -0.2) is 9.48 Å². The summed E-state index contributed by atoms with van der Waals surface area (Å²) in [4.78, 5) is 31.4. The molecule has 3 amide bonds. The average molecular weight is 490 g/mol. The molecule has 0 atom stereocenters. The maximum Gasteiger partial charge on any atom is 0.323 e. The van der Waals surface area contributed by atoms with Crippen molar-refractivity contribution < 1.29 is 9.59 Å². The molecular formula is C25H24ClN7O2. The van der Waals surface area contributed by atoms with Crippen LogP contribution in [-0.2, 0) is 0 Å². The van der Waals surface area contributed by atoms with Crippen LogP contribution in [0.15, 0.2) is 73.3 Å². The van der Waals surface area contributed by atoms with E-state index in [0.29, 0.717) is 33.3 Å². The minimum Gasteiger partial charge on any atom is -0.378 e. The maximum absolute atomic E-state index is 13.0. The largest absolute Gasteiger partial charge is 0.378 e. The molecule has 0 fully saturated rings. The second-order valence-electron chi connectivity index (χ2n) is 8.07. The fourth-order valence-electron chi connectivity index (χ4n) is 3.32. The summed E-state index contributed by atoms with van der Waals surface area (Å²) in [6.45, 7) is 1.91. The van der Waals surface area contributed by atoms with Gasteiger partial charge in [0, 0.05) is 31.5 Å². The monoisotopic (exact) mass is 489 g/mol. The number of hydrogen-bond acceptors (Lipinski definition) is 5. The SMILES string of the molecule is Cc1cncc(NC(=O)c2cc(N(C)C)cc(-n3cc(NC(=O)Nc4ccccc4Cl)cn3)c2)c1. The Kier molecular flexibility index (Phi) is 6.98. The normalized spacial score (nSPS) is 10.5. The molecule has 0 aliphatic rings. The number of carbonyl (C=O) groups excluding carboxylic acids is 2. The molecule has 35 heavy (non-hydrogen) atoms. The van der Waals surface area contributed by atoms with Crippen molar-refractivity contribution in [2.24, 2.45) is 0 Å². The lowest BCUT2D eigenvalue weighted by atomic mass is 10.1. The van der Waals surface area contributed by atoms with E-state index in [4.69, 9.17) is 11.6 Å². The van der Waals surface area contributed by atoms with Crippen molar-refractivity contribution in [3.63, 3.8) is 0 Å². The number of nitrogens with zero attached hydrogens (tertiary/aromatic N) is 4. The molecule has 4 aromatic rings. The third-order valence-electron chi connectivity index (χ3n) is 5.04. The highest BCUT2D eigenvalue weighted by atomic mass is 35.5. The van der Waals surface area contributed by atoms with Crippen molar-refractivity contribution in [3.8, 4) is 5.69 Å². The van der Waals surface area contributed by atoms with E-state index >= 15 is 0 Å². The van der Waals surface area contributed by atoms with Crippen LogP contribution in [0.4, 0.5) is 27.5 Å². The number of aromatic nitrogens is 3. The fourth-order valence-corrected chi connectivity index (χ4v) is 3.50. The minimum atomic E-state index is -0.452. The van der Waals surface area contributed by atoms with Gasteiger partial charge in [-0.15, -0.1) is 0 Å². The van der Waals surface area contributed by atoms with Crippen molar-refractivity contribution in [2.45, 2.75) is 6.92 Å². The van der Waals surface area contributed by atoms with Crippen LogP contribution < -0.4 is 20.9 Å². The van der Waals surface area contributed by atoms with Gasteiger partial charge in [0.25, 0.3) is 5.91 Å². The Balaban J connectivity index is 1.54. The molecule has 2 heterocycles. The zero-order valence-corrected chi connectivity index (χ0v) is 20.2. The summed E-state index contributed by atoms with van der Waals surface area (Å²) in [5, 5.41) is 13.1. The van der Waals surface area contributed by atoms with E-state index in [9.17, 15) is 9.59 Å². The lowest BCUT2D eigenvalue weighted by Crippen LogP contribution is -2.19. The zero-order chi connectivity index (χ0) is 24.9. The van der Waals surface area contributed by atoms with E-state index in [1.807, 2.05) is 38.1 Å². The molecule has 3 N–H and O–H groups in total. The van der Waals surface area contributed by atoms with E-state index in [1.54, 1.807) is 59.7 Å². The van der Waals surface area contributed by atoms with Gasteiger partial charge in [0.1, 0.15) is 0 Å². The number of aryl methyl sites for hydroxylation is 1. The van der Waals surface area contributed by atoms with Crippen molar-refractivity contribution in [1.29, 1.82) is 0 Å². The van der Waals surface area contributed by atoms with Crippen LogP contribution in [-0.4, -0.2) is 40.8 Å². The van der Waals surface area contributed by atoms with Crippen molar-refractivity contribution in [3.05, 3.63) is 89.5 Å². The van der Waals surface area contributed by atoms with Gasteiger partial charge in [0.15, 0.2) is 0 Å². The molecule has 0 unspecified atom stereocenters. The van der Waals surface area contributed by atoms with Crippen LogP contribution in [0, 0.1) is 6.92 Å². The first-order valence-corrected chi connectivity index (χ1v) is 11.1. The number of carbonyl (C=O) groups is 2. The standard InChI is InChI=1S/C25H24ClN7O2/c1-16-8-18(13-27-12-16)29-24(34)17-9-20(32(2)3)11-21(10-17)33-15-19(14-28-33)30-25(35)31-23-7-5-4-6-22(23)26/h4-15H,1-3H3,(H,29,34)(H2,30,31,35). The number of hydrogen-bond donors (Lipinski definition) is 3. The first-order chi connectivity index (χ1) is 16.8. The zero-order valence-electron chi connectivity index (χ0n) is 19.4. The lowest BCUT2D eigenvalue weighted by molar-refractivity contribution is 0.102. The summed E-state index contributed by atoms with van der Waals surface area (Å²) < 4.78 is 1.59. The molecule has 0 aliphatic heterocycles. The Morgan fingerprint density at radius 1 is 0.943 bits per heavy atom. The number of urea groups is 1. The summed E-state index contributed by atoms with van der Waals surface area (Å²) in [6.07, 6.45) is 6.50. The first-order valence-electron chi connectivity index (χ1n) is 10.7. The molecule has 2 aromatic heterocycles. The molecule has 0 bridgehead atoms. The van der Waals surface area contributed by atoms with Gasteiger partial charge in [-0.05, 0) is 48.9 Å². The molecule has 2 aromatic carbocycles. The number of benzene rings is 2. The Morgan fingerprint density at radius 3 is 2.49 bits per heavy atom. The quantitative estimate of drug-likeness (QED) is 0.345. The predicted molar refractivity (Wildman–Crippen MR) is 139 cm³/mol. The number of pyridine rings is 1. The van der Waals surface area contributed by atoms with Gasteiger partial charge in [-0.1, -0.05) is 23.7 Å². The van der Waals surface area contributed by atoms with Crippen molar-refractivity contribution in [1.82, 2.24) is 14.8 Å². The van der Waals surface area contributed by atoms with Crippen LogP contribution in [0.25, 0.3) is 5.69 Å². The molecule has 0 aliphatic carbocycles. The van der Waals surface area contributed by atoms with Gasteiger partial charge in [-0.2, -0.15) is 5.10 Å². The van der Waals surface area contributed by atoms with Gasteiger partial charge in [0.05, 0.1) is 46.4 Å². The van der Waals surface area contributed by atoms with E-state index in [0.717, 1.165) is 11.3 Å². The predicted octanol–water partition coefficient (Wildman–Crippen LogP) is 5.19. The van der Waals surface area contributed by atoms with E-state index < -0.39 is 6.03 Å². The molecule has 0 saturated heterocycles. The van der Waals surface area contributed by atoms with E-state index in [-0.39, 0.29) is 5.91 Å². The average Bonchev–Trinajstić information content (AvgIpc) is 3.28. The number of halogens is 1. The number of rotatable bonds is 6. The Bertz CT molecular complexity index is 1380. The van der Waals surface area contributed by atoms with Crippen LogP contribution in [0.1, 0.15) is 15.9 Å². The summed E-state index contributed by atoms with van der Waals surface area (Å²) in [7, 11) is 3.78. The molecular weight excluding hydrogens is 466 g/mol. The van der Waals surface area contributed by atoms with Gasteiger partial charge in [0.2, 0.25) is 0 Å². The van der Waals surface area contributed by atoms with Gasteiger partial charge < -0.3 is 20.9 Å². The number of amides is 3. The van der Waals surface area contributed by atoms with Gasteiger partial charge >= 0.3 is 6.03 Å². The molecule has 0 spiro atoms. The summed E-state index contributed by atoms with van der Waals surface area (Å²) in [5.74, 6) is -0.271. The Labute approximate surface area is 207 Å². The van der Waals surface area contributed by atoms with Crippen LogP contribution in [0.5, 0.6) is 0 Å². The number of nitrogens with one attached hydrogen (secondary N) is 3. The van der Waals surface area contributed by atoms with Crippen molar-refractivity contribution in [2.75, 3.05) is 34.9 Å². The third kappa shape index (κ3) is 5.96. The molecule has 4 rings (SSSR count). The number of para-hydroxylation sites is 1. The highest BCUT2D eigenvalue weighted by Crippen LogP contribution is 2.23.